The smallest absolute Gasteiger partial charge is 0.319 e. The molecule has 2 N–H and O–H groups in total. The highest BCUT2D eigenvalue weighted by atomic mass is 35.5. The van der Waals surface area contributed by atoms with E-state index in [4.69, 9.17) is 11.6 Å². The maximum atomic E-state index is 12.1. The number of para-hydroxylation sites is 1. The number of aromatic nitrogens is 1. The predicted molar refractivity (Wildman–Crippen MR) is 90.2 cm³/mol. The third kappa shape index (κ3) is 2.92. The number of nitrogens with zero attached hydrogens (tertiary/aromatic N) is 1. The van der Waals surface area contributed by atoms with Gasteiger partial charge in [0.2, 0.25) is 0 Å². The highest BCUT2D eigenvalue weighted by molar-refractivity contribution is 6.31. The standard InChI is InChI=1S/C17H16ClN3O/c1-21-11-15(13-7-3-5-9-16(13)21)20-17(22)19-10-12-6-2-4-8-14(12)18/h2-9,11H,10H2,1H3,(H2,19,20,22). The molecule has 112 valence electrons. The number of anilines is 1. The van der Waals surface area contributed by atoms with Gasteiger partial charge in [-0.2, -0.15) is 0 Å². The Hall–Kier alpha value is -2.46. The molecule has 0 unspecified atom stereocenters. The first kappa shape index (κ1) is 14.5. The fourth-order valence-corrected chi connectivity index (χ4v) is 2.63. The zero-order chi connectivity index (χ0) is 15.5. The Morgan fingerprint density at radius 1 is 1.14 bits per heavy atom. The highest BCUT2D eigenvalue weighted by Gasteiger charge is 2.09. The molecule has 0 bridgehead atoms. The first-order valence-electron chi connectivity index (χ1n) is 6.97. The number of hydrogen-bond acceptors (Lipinski definition) is 1. The van der Waals surface area contributed by atoms with Gasteiger partial charge in [0, 0.05) is 35.7 Å². The van der Waals surface area contributed by atoms with Crippen LogP contribution in [-0.4, -0.2) is 10.6 Å². The minimum atomic E-state index is -0.253. The fraction of sp³-hybridized carbons (Fsp3) is 0.118. The summed E-state index contributed by atoms with van der Waals surface area (Å²) in [7, 11) is 1.95. The van der Waals surface area contributed by atoms with Gasteiger partial charge < -0.3 is 15.2 Å². The Labute approximate surface area is 133 Å². The number of nitrogens with one attached hydrogen (secondary N) is 2. The lowest BCUT2D eigenvalue weighted by atomic mass is 10.2. The summed E-state index contributed by atoms with van der Waals surface area (Å²) in [5.41, 5.74) is 2.75. The van der Waals surface area contributed by atoms with Crippen LogP contribution in [0.3, 0.4) is 0 Å². The monoisotopic (exact) mass is 313 g/mol. The number of amides is 2. The van der Waals surface area contributed by atoms with Crippen molar-refractivity contribution in [3.63, 3.8) is 0 Å². The molecule has 5 heteroatoms. The molecule has 1 heterocycles. The van der Waals surface area contributed by atoms with Crippen molar-refractivity contribution in [1.82, 2.24) is 9.88 Å². The van der Waals surface area contributed by atoms with Crippen molar-refractivity contribution >= 4 is 34.2 Å². The van der Waals surface area contributed by atoms with Crippen LogP contribution in [0.15, 0.2) is 54.7 Å². The Balaban J connectivity index is 1.70. The van der Waals surface area contributed by atoms with Crippen LogP contribution in [0.25, 0.3) is 10.9 Å². The molecule has 0 aliphatic carbocycles. The molecule has 0 saturated heterocycles. The minimum Gasteiger partial charge on any atom is -0.348 e. The van der Waals surface area contributed by atoms with E-state index in [1.807, 2.05) is 60.3 Å². The lowest BCUT2D eigenvalue weighted by molar-refractivity contribution is 0.252. The average Bonchev–Trinajstić information content (AvgIpc) is 2.83. The molecule has 0 aliphatic rings. The van der Waals surface area contributed by atoms with Gasteiger partial charge in [0.25, 0.3) is 0 Å². The zero-order valence-corrected chi connectivity index (χ0v) is 12.9. The maximum Gasteiger partial charge on any atom is 0.319 e. The number of rotatable bonds is 3. The Kier molecular flexibility index (Phi) is 4.02. The van der Waals surface area contributed by atoms with E-state index >= 15 is 0 Å². The largest absolute Gasteiger partial charge is 0.348 e. The van der Waals surface area contributed by atoms with Crippen LogP contribution < -0.4 is 10.6 Å². The Bertz CT molecular complexity index is 826. The molecule has 0 saturated carbocycles. The SMILES string of the molecule is Cn1cc(NC(=O)NCc2ccccc2Cl)c2ccccc21. The summed E-state index contributed by atoms with van der Waals surface area (Å²) in [6.07, 6.45) is 1.90. The van der Waals surface area contributed by atoms with Crippen molar-refractivity contribution in [2.45, 2.75) is 6.54 Å². The molecule has 0 radical (unpaired) electrons. The van der Waals surface area contributed by atoms with Gasteiger partial charge >= 0.3 is 6.03 Å². The van der Waals surface area contributed by atoms with E-state index in [1.165, 1.54) is 0 Å². The van der Waals surface area contributed by atoms with E-state index < -0.39 is 0 Å². The molecular weight excluding hydrogens is 298 g/mol. The second-order valence-electron chi connectivity index (χ2n) is 5.07. The number of aryl methyl sites for hydroxylation is 1. The molecular formula is C17H16ClN3O. The molecule has 3 aromatic rings. The quantitative estimate of drug-likeness (QED) is 0.749. The second-order valence-corrected chi connectivity index (χ2v) is 5.48. The maximum absolute atomic E-state index is 12.1. The van der Waals surface area contributed by atoms with Crippen LogP contribution >= 0.6 is 11.6 Å². The van der Waals surface area contributed by atoms with Gasteiger partial charge in [-0.05, 0) is 17.7 Å². The van der Waals surface area contributed by atoms with Crippen molar-refractivity contribution in [1.29, 1.82) is 0 Å². The second kappa shape index (κ2) is 6.12. The number of hydrogen-bond donors (Lipinski definition) is 2. The van der Waals surface area contributed by atoms with Crippen molar-refractivity contribution in [2.75, 3.05) is 5.32 Å². The first-order chi connectivity index (χ1) is 10.6. The summed E-state index contributed by atoms with van der Waals surface area (Å²) in [5, 5.41) is 7.36. The molecule has 4 nitrogen and oxygen atoms in total. The molecule has 22 heavy (non-hydrogen) atoms. The summed E-state index contributed by atoms with van der Waals surface area (Å²) in [6.45, 7) is 0.385. The summed E-state index contributed by atoms with van der Waals surface area (Å²) in [6, 6.07) is 15.1. The third-order valence-corrected chi connectivity index (χ3v) is 3.91. The number of fused-ring (bicyclic) bond motifs is 1. The van der Waals surface area contributed by atoms with E-state index in [1.54, 1.807) is 6.07 Å². The molecule has 2 amide bonds. The Morgan fingerprint density at radius 3 is 2.68 bits per heavy atom. The third-order valence-electron chi connectivity index (χ3n) is 3.54. The van der Waals surface area contributed by atoms with Crippen LogP contribution in [0.5, 0.6) is 0 Å². The minimum absolute atomic E-state index is 0.253. The van der Waals surface area contributed by atoms with Crippen molar-refractivity contribution in [3.05, 3.63) is 65.3 Å². The number of urea groups is 1. The van der Waals surface area contributed by atoms with Crippen molar-refractivity contribution in [3.8, 4) is 0 Å². The molecule has 0 aliphatic heterocycles. The van der Waals surface area contributed by atoms with Gasteiger partial charge in [-0.1, -0.05) is 48.0 Å². The lowest BCUT2D eigenvalue weighted by Gasteiger charge is -2.08. The molecule has 0 spiro atoms. The van der Waals surface area contributed by atoms with Crippen LogP contribution in [0, 0.1) is 0 Å². The normalized spacial score (nSPS) is 10.6. The molecule has 1 aromatic heterocycles. The summed E-state index contributed by atoms with van der Waals surface area (Å²) < 4.78 is 1.99. The van der Waals surface area contributed by atoms with Crippen LogP contribution in [0.1, 0.15) is 5.56 Å². The summed E-state index contributed by atoms with van der Waals surface area (Å²) in [5.74, 6) is 0. The lowest BCUT2D eigenvalue weighted by Crippen LogP contribution is -2.28. The fourth-order valence-electron chi connectivity index (χ4n) is 2.43. The topological polar surface area (TPSA) is 46.1 Å². The summed E-state index contributed by atoms with van der Waals surface area (Å²) >= 11 is 6.07. The van der Waals surface area contributed by atoms with Crippen LogP contribution in [0.2, 0.25) is 5.02 Å². The molecule has 2 aromatic carbocycles. The van der Waals surface area contributed by atoms with E-state index in [-0.39, 0.29) is 6.03 Å². The van der Waals surface area contributed by atoms with E-state index in [0.717, 1.165) is 22.2 Å². The highest BCUT2D eigenvalue weighted by Crippen LogP contribution is 2.24. The van der Waals surface area contributed by atoms with E-state index in [9.17, 15) is 4.79 Å². The predicted octanol–water partition coefficient (Wildman–Crippen LogP) is 4.15. The average molecular weight is 314 g/mol. The van der Waals surface area contributed by atoms with Gasteiger partial charge in [0.15, 0.2) is 0 Å². The van der Waals surface area contributed by atoms with Gasteiger partial charge in [-0.15, -0.1) is 0 Å². The Morgan fingerprint density at radius 2 is 1.86 bits per heavy atom. The van der Waals surface area contributed by atoms with Gasteiger partial charge in [-0.3, -0.25) is 0 Å². The van der Waals surface area contributed by atoms with Crippen LogP contribution in [0.4, 0.5) is 10.5 Å². The van der Waals surface area contributed by atoms with Crippen LogP contribution in [-0.2, 0) is 13.6 Å². The van der Waals surface area contributed by atoms with Crippen molar-refractivity contribution < 1.29 is 4.79 Å². The summed E-state index contributed by atoms with van der Waals surface area (Å²) in [4.78, 5) is 12.1. The number of carbonyl (C=O) groups excluding carboxylic acids is 1. The van der Waals surface area contributed by atoms with E-state index in [0.29, 0.717) is 11.6 Å². The molecule has 0 atom stereocenters. The number of benzene rings is 2. The van der Waals surface area contributed by atoms with E-state index in [2.05, 4.69) is 10.6 Å². The first-order valence-corrected chi connectivity index (χ1v) is 7.35. The van der Waals surface area contributed by atoms with Gasteiger partial charge in [0.05, 0.1) is 5.69 Å². The van der Waals surface area contributed by atoms with Gasteiger partial charge in [-0.25, -0.2) is 4.79 Å². The number of halogens is 1. The van der Waals surface area contributed by atoms with Crippen molar-refractivity contribution in [2.24, 2.45) is 7.05 Å². The zero-order valence-electron chi connectivity index (χ0n) is 12.1. The number of carbonyl (C=O) groups is 1. The van der Waals surface area contributed by atoms with Gasteiger partial charge in [0.1, 0.15) is 0 Å². The molecule has 0 fully saturated rings. The molecule has 3 rings (SSSR count).